The summed E-state index contributed by atoms with van der Waals surface area (Å²) in [6.45, 7) is 7.30. The van der Waals surface area contributed by atoms with E-state index >= 15 is 0 Å². The van der Waals surface area contributed by atoms with Crippen molar-refractivity contribution in [1.29, 1.82) is 0 Å². The summed E-state index contributed by atoms with van der Waals surface area (Å²) in [4.78, 5) is 12.0. The van der Waals surface area contributed by atoms with Gasteiger partial charge in [0.1, 0.15) is 0 Å². The van der Waals surface area contributed by atoms with Crippen molar-refractivity contribution in [2.24, 2.45) is 34.5 Å². The number of carbonyl (C=O) groups is 1. The van der Waals surface area contributed by atoms with Crippen molar-refractivity contribution in [3.05, 3.63) is 22.8 Å². The molecule has 1 nitrogen and oxygen atoms in total. The number of ketones is 1. The van der Waals surface area contributed by atoms with E-state index < -0.39 is 0 Å². The van der Waals surface area contributed by atoms with E-state index in [9.17, 15) is 4.79 Å². The molecule has 0 aromatic heterocycles. The van der Waals surface area contributed by atoms with Gasteiger partial charge in [0.2, 0.25) is 0 Å². The Hall–Kier alpha value is -0.560. The van der Waals surface area contributed by atoms with Gasteiger partial charge in [-0.05, 0) is 73.7 Å². The third kappa shape index (κ3) is 2.08. The maximum atomic E-state index is 12.0. The molecule has 23 heavy (non-hydrogen) atoms. The van der Waals surface area contributed by atoms with Gasteiger partial charge in [0.15, 0.2) is 5.78 Å². The molecule has 4 aliphatic carbocycles. The molecule has 0 aromatic rings. The van der Waals surface area contributed by atoms with Gasteiger partial charge in [-0.25, -0.2) is 0 Å². The van der Waals surface area contributed by atoms with Gasteiger partial charge in [0.05, 0.1) is 5.03 Å². The molecule has 0 amide bonds. The van der Waals surface area contributed by atoms with Crippen LogP contribution in [0.15, 0.2) is 22.8 Å². The minimum Gasteiger partial charge on any atom is -0.288 e. The number of rotatable bonds is 1. The molecule has 2 heteroatoms. The Morgan fingerprint density at radius 3 is 2.70 bits per heavy atom. The van der Waals surface area contributed by atoms with Crippen molar-refractivity contribution >= 4 is 17.4 Å². The van der Waals surface area contributed by atoms with Crippen LogP contribution in [-0.2, 0) is 4.79 Å². The molecule has 4 rings (SSSR count). The number of allylic oxidation sites excluding steroid dienone is 4. The van der Waals surface area contributed by atoms with E-state index in [4.69, 9.17) is 11.6 Å². The van der Waals surface area contributed by atoms with Crippen molar-refractivity contribution < 1.29 is 4.79 Å². The summed E-state index contributed by atoms with van der Waals surface area (Å²) in [7, 11) is 0. The molecule has 126 valence electrons. The largest absolute Gasteiger partial charge is 0.288 e. The standard InChI is InChI=1S/C21H29ClO/c1-4-13-6-8-16-15-7-5-14-11-19(23)18(22)12-21(14,3)17(15)9-10-20(13,16)2/h11-13,15-17H,4-10H2,1-3H3/t13-,15-,16-,17-,20+,21-/m0/s1. The molecule has 0 aliphatic heterocycles. The molecule has 0 radical (unpaired) electrons. The van der Waals surface area contributed by atoms with Crippen LogP contribution in [0, 0.1) is 34.5 Å². The SMILES string of the molecule is CC[C@H]1CC[C@H]2[C@@H]3CCC4=CC(=O)C(Cl)=C[C@]4(C)[C@H]3CC[C@]12C. The van der Waals surface area contributed by atoms with E-state index in [1.807, 2.05) is 6.08 Å². The zero-order chi connectivity index (χ0) is 16.4. The molecule has 3 fully saturated rings. The molecule has 0 N–H and O–H groups in total. The molecule has 3 saturated carbocycles. The Labute approximate surface area is 145 Å². The van der Waals surface area contributed by atoms with Crippen molar-refractivity contribution in [3.8, 4) is 0 Å². The number of hydrogen-bond acceptors (Lipinski definition) is 1. The maximum absolute atomic E-state index is 12.0. The second kappa shape index (κ2) is 5.22. The van der Waals surface area contributed by atoms with E-state index in [-0.39, 0.29) is 11.2 Å². The lowest BCUT2D eigenvalue weighted by Gasteiger charge is -2.57. The van der Waals surface area contributed by atoms with E-state index in [1.54, 1.807) is 0 Å². The summed E-state index contributed by atoms with van der Waals surface area (Å²) >= 11 is 6.26. The van der Waals surface area contributed by atoms with Crippen LogP contribution in [0.4, 0.5) is 0 Å². The molecule has 0 spiro atoms. The average molecular weight is 333 g/mol. The molecule has 0 heterocycles. The minimum atomic E-state index is 0.0187. The first-order chi connectivity index (χ1) is 10.9. The lowest BCUT2D eigenvalue weighted by molar-refractivity contribution is -0.111. The summed E-state index contributed by atoms with van der Waals surface area (Å²) < 4.78 is 0. The maximum Gasteiger partial charge on any atom is 0.196 e. The Balaban J connectivity index is 1.70. The van der Waals surface area contributed by atoms with E-state index in [0.717, 1.165) is 24.2 Å². The Morgan fingerprint density at radius 2 is 1.96 bits per heavy atom. The highest BCUT2D eigenvalue weighted by Crippen LogP contribution is 2.66. The van der Waals surface area contributed by atoms with E-state index in [0.29, 0.717) is 16.4 Å². The number of fused-ring (bicyclic) bond motifs is 5. The summed E-state index contributed by atoms with van der Waals surface area (Å²) in [6, 6.07) is 0. The molecular formula is C21H29ClO. The van der Waals surface area contributed by atoms with Crippen molar-refractivity contribution in [2.45, 2.75) is 65.7 Å². The summed E-state index contributed by atoms with van der Waals surface area (Å²) in [5, 5.41) is 0.447. The number of hydrogen-bond donors (Lipinski definition) is 0. The lowest BCUT2D eigenvalue weighted by Crippen LogP contribution is -2.49. The fourth-order valence-electron chi connectivity index (χ4n) is 7.03. The quantitative estimate of drug-likeness (QED) is 0.585. The van der Waals surface area contributed by atoms with Crippen LogP contribution in [0.2, 0.25) is 0 Å². The minimum absolute atomic E-state index is 0.0187. The predicted octanol–water partition coefficient (Wildman–Crippen LogP) is 5.89. The highest BCUT2D eigenvalue weighted by atomic mass is 35.5. The van der Waals surface area contributed by atoms with Gasteiger partial charge in [0.25, 0.3) is 0 Å². The van der Waals surface area contributed by atoms with E-state index in [2.05, 4.69) is 26.8 Å². The predicted molar refractivity (Wildman–Crippen MR) is 95.2 cm³/mol. The summed E-state index contributed by atoms with van der Waals surface area (Å²) in [6.07, 6.45) is 13.2. The Morgan fingerprint density at radius 1 is 1.17 bits per heavy atom. The van der Waals surface area contributed by atoms with E-state index in [1.165, 1.54) is 44.1 Å². The van der Waals surface area contributed by atoms with Crippen LogP contribution >= 0.6 is 11.6 Å². The van der Waals surface area contributed by atoms with Crippen LogP contribution in [0.25, 0.3) is 0 Å². The fourth-order valence-corrected chi connectivity index (χ4v) is 7.31. The Bertz CT molecular complexity index is 603. The van der Waals surface area contributed by atoms with Crippen molar-refractivity contribution in [2.75, 3.05) is 0 Å². The topological polar surface area (TPSA) is 17.1 Å². The van der Waals surface area contributed by atoms with Crippen LogP contribution in [0.3, 0.4) is 0 Å². The van der Waals surface area contributed by atoms with Gasteiger partial charge in [0, 0.05) is 5.41 Å². The second-order valence-electron chi connectivity index (χ2n) is 8.95. The molecule has 4 aliphatic rings. The average Bonchev–Trinajstić information content (AvgIpc) is 2.85. The molecular weight excluding hydrogens is 304 g/mol. The summed E-state index contributed by atoms with van der Waals surface area (Å²) in [5.74, 6) is 3.32. The smallest absolute Gasteiger partial charge is 0.196 e. The third-order valence-corrected chi connectivity index (χ3v) is 8.60. The zero-order valence-corrected chi connectivity index (χ0v) is 15.5. The van der Waals surface area contributed by atoms with Crippen LogP contribution in [0.5, 0.6) is 0 Å². The highest BCUT2D eigenvalue weighted by molar-refractivity contribution is 6.44. The van der Waals surface area contributed by atoms with Crippen LogP contribution < -0.4 is 0 Å². The molecule has 0 bridgehead atoms. The first-order valence-corrected chi connectivity index (χ1v) is 9.91. The lowest BCUT2D eigenvalue weighted by atomic mass is 9.47. The van der Waals surface area contributed by atoms with Crippen LogP contribution in [0.1, 0.15) is 65.7 Å². The highest BCUT2D eigenvalue weighted by Gasteiger charge is 2.58. The Kier molecular flexibility index (Phi) is 3.61. The molecule has 0 unspecified atom stereocenters. The van der Waals surface area contributed by atoms with Gasteiger partial charge >= 0.3 is 0 Å². The van der Waals surface area contributed by atoms with Crippen molar-refractivity contribution in [1.82, 2.24) is 0 Å². The number of halogens is 1. The van der Waals surface area contributed by atoms with Gasteiger partial charge < -0.3 is 0 Å². The normalized spacial score (nSPS) is 49.0. The fraction of sp³-hybridized carbons (Fsp3) is 0.762. The first kappa shape index (κ1) is 15.9. The second-order valence-corrected chi connectivity index (χ2v) is 9.36. The molecule has 0 saturated heterocycles. The van der Waals surface area contributed by atoms with Gasteiger partial charge in [-0.1, -0.05) is 50.4 Å². The first-order valence-electron chi connectivity index (χ1n) is 9.54. The van der Waals surface area contributed by atoms with Crippen LogP contribution in [-0.4, -0.2) is 5.78 Å². The zero-order valence-electron chi connectivity index (χ0n) is 14.7. The van der Waals surface area contributed by atoms with Crippen molar-refractivity contribution in [3.63, 3.8) is 0 Å². The molecule has 0 aromatic carbocycles. The van der Waals surface area contributed by atoms with Gasteiger partial charge in [-0.2, -0.15) is 0 Å². The third-order valence-electron chi connectivity index (χ3n) is 8.30. The molecule has 6 atom stereocenters. The van der Waals surface area contributed by atoms with Gasteiger partial charge in [-0.15, -0.1) is 0 Å². The monoisotopic (exact) mass is 332 g/mol. The van der Waals surface area contributed by atoms with Gasteiger partial charge in [-0.3, -0.25) is 4.79 Å². The number of carbonyl (C=O) groups excluding carboxylic acids is 1. The summed E-state index contributed by atoms with van der Waals surface area (Å²) in [5.41, 5.74) is 1.94.